The third-order valence-corrected chi connectivity index (χ3v) is 8.47. The van der Waals surface area contributed by atoms with E-state index in [9.17, 15) is 22.8 Å². The Hall–Kier alpha value is -3.97. The molecule has 1 N–H and O–H groups in total. The molecule has 3 aromatic rings. The largest absolute Gasteiger partial charge is 0.573 e. The summed E-state index contributed by atoms with van der Waals surface area (Å²) in [5.41, 5.74) is 3.79. The van der Waals surface area contributed by atoms with Crippen LogP contribution in [-0.2, 0) is 33.8 Å². The van der Waals surface area contributed by atoms with Crippen molar-refractivity contribution >= 4 is 11.8 Å². The summed E-state index contributed by atoms with van der Waals surface area (Å²) in [5.74, 6) is 0.203. The lowest BCUT2D eigenvalue weighted by molar-refractivity contribution is -0.274. The number of alkyl halides is 3. The van der Waals surface area contributed by atoms with Gasteiger partial charge in [0.15, 0.2) is 5.82 Å². The molecule has 0 unspecified atom stereocenters. The van der Waals surface area contributed by atoms with Gasteiger partial charge in [-0.05, 0) is 73.6 Å². The molecule has 6 rings (SSSR count). The molecule has 10 nitrogen and oxygen atoms in total. The Morgan fingerprint density at radius 2 is 2.00 bits per heavy atom. The number of halogens is 3. The van der Waals surface area contributed by atoms with Crippen molar-refractivity contribution in [1.82, 2.24) is 25.3 Å². The molecule has 1 aromatic heterocycles. The highest BCUT2D eigenvalue weighted by Crippen LogP contribution is 2.47. The molecule has 44 heavy (non-hydrogen) atoms. The molecule has 2 aromatic carbocycles. The maximum absolute atomic E-state index is 13.2. The number of hydrogen-bond donors (Lipinski definition) is 1. The number of benzene rings is 2. The predicted octanol–water partition coefficient (Wildman–Crippen LogP) is 4.32. The molecule has 2 atom stereocenters. The Balaban J connectivity index is 1.23. The van der Waals surface area contributed by atoms with E-state index in [1.54, 1.807) is 17.9 Å². The number of nitrogens with one attached hydrogen (secondary N) is 1. The standard InChI is InChI=1S/C31H34F3N5O5/c1-18-36-29(44-37-18)25-12-24(25)28(41)35-13-20-7-8-22(19-5-4-6-21(11-19)43-31(32,33)34)23-9-10-38(14-26(20)23)15-27(40)39-17-42-16-30(39,2)3/h4-8,11,24-25H,9-10,12-17H2,1-3H3,(H,35,41)/t24-,25-/m0/s1. The van der Waals surface area contributed by atoms with Gasteiger partial charge in [0.05, 0.1) is 30.5 Å². The van der Waals surface area contributed by atoms with Crippen molar-refractivity contribution in [1.29, 1.82) is 0 Å². The van der Waals surface area contributed by atoms with Crippen molar-refractivity contribution in [3.8, 4) is 16.9 Å². The van der Waals surface area contributed by atoms with Gasteiger partial charge in [0.2, 0.25) is 17.7 Å². The first kappa shape index (κ1) is 30.1. The zero-order valence-corrected chi connectivity index (χ0v) is 24.7. The Morgan fingerprint density at radius 1 is 1.18 bits per heavy atom. The summed E-state index contributed by atoms with van der Waals surface area (Å²) < 4.78 is 53.7. The van der Waals surface area contributed by atoms with E-state index in [0.29, 0.717) is 49.8 Å². The monoisotopic (exact) mass is 613 g/mol. The summed E-state index contributed by atoms with van der Waals surface area (Å²) in [6.07, 6.45) is -3.59. The normalized spacial score (nSPS) is 21.2. The molecule has 13 heteroatoms. The lowest BCUT2D eigenvalue weighted by Gasteiger charge is -2.35. The Morgan fingerprint density at radius 3 is 2.70 bits per heavy atom. The topological polar surface area (TPSA) is 110 Å². The number of carbonyl (C=O) groups excluding carboxylic acids is 2. The van der Waals surface area contributed by atoms with Crippen LogP contribution in [0.15, 0.2) is 40.9 Å². The Labute approximate surface area is 252 Å². The van der Waals surface area contributed by atoms with E-state index in [2.05, 4.69) is 25.1 Å². The van der Waals surface area contributed by atoms with Crippen molar-refractivity contribution < 1.29 is 36.8 Å². The molecule has 3 aliphatic rings. The molecule has 3 heterocycles. The molecule has 2 amide bonds. The fraction of sp³-hybridized carbons (Fsp3) is 0.484. The van der Waals surface area contributed by atoms with Crippen molar-refractivity contribution in [2.24, 2.45) is 5.92 Å². The van der Waals surface area contributed by atoms with Gasteiger partial charge in [0.1, 0.15) is 12.5 Å². The van der Waals surface area contributed by atoms with E-state index in [0.717, 1.165) is 22.3 Å². The van der Waals surface area contributed by atoms with Gasteiger partial charge in [-0.3, -0.25) is 14.5 Å². The average molecular weight is 614 g/mol. The molecule has 234 valence electrons. The lowest BCUT2D eigenvalue weighted by atomic mass is 9.87. The van der Waals surface area contributed by atoms with Crippen LogP contribution in [0.1, 0.15) is 54.6 Å². The first-order valence-electron chi connectivity index (χ1n) is 14.6. The number of hydrogen-bond acceptors (Lipinski definition) is 8. The number of rotatable bonds is 8. The minimum atomic E-state index is -4.80. The number of fused-ring (bicyclic) bond motifs is 1. The highest BCUT2D eigenvalue weighted by atomic mass is 19.4. The number of carbonyl (C=O) groups is 2. The van der Waals surface area contributed by atoms with Crippen LogP contribution < -0.4 is 10.1 Å². The number of nitrogens with zero attached hydrogens (tertiary/aromatic N) is 4. The highest BCUT2D eigenvalue weighted by molar-refractivity contribution is 5.83. The van der Waals surface area contributed by atoms with Crippen LogP contribution in [0, 0.1) is 12.8 Å². The minimum absolute atomic E-state index is 0.0324. The van der Waals surface area contributed by atoms with Crippen LogP contribution in [0.25, 0.3) is 11.1 Å². The Bertz CT molecular complexity index is 1570. The number of aromatic nitrogens is 2. The van der Waals surface area contributed by atoms with Crippen LogP contribution in [0.4, 0.5) is 13.2 Å². The molecule has 1 saturated carbocycles. The SMILES string of the molecule is Cc1noc([C@H]2C[C@@H]2C(=O)NCc2ccc(-c3cccc(OC(F)(F)F)c3)c3c2CN(CC(=O)N2COCC2(C)C)CC3)n1. The lowest BCUT2D eigenvalue weighted by Crippen LogP contribution is -2.49. The second kappa shape index (κ2) is 11.5. The second-order valence-corrected chi connectivity index (χ2v) is 12.2. The van der Waals surface area contributed by atoms with Crippen LogP contribution in [0.3, 0.4) is 0 Å². The zero-order valence-electron chi connectivity index (χ0n) is 24.7. The van der Waals surface area contributed by atoms with E-state index in [4.69, 9.17) is 9.26 Å². The van der Waals surface area contributed by atoms with Crippen molar-refractivity contribution in [2.75, 3.05) is 26.4 Å². The van der Waals surface area contributed by atoms with Gasteiger partial charge in [-0.25, -0.2) is 0 Å². The molecule has 1 saturated heterocycles. The van der Waals surface area contributed by atoms with Crippen molar-refractivity contribution in [2.45, 2.75) is 64.5 Å². The molecule has 2 aliphatic heterocycles. The second-order valence-electron chi connectivity index (χ2n) is 12.2. The fourth-order valence-corrected chi connectivity index (χ4v) is 6.09. The van der Waals surface area contributed by atoms with E-state index < -0.39 is 11.9 Å². The smallest absolute Gasteiger partial charge is 0.406 e. The van der Waals surface area contributed by atoms with Crippen molar-refractivity contribution in [3.05, 3.63) is 64.8 Å². The highest BCUT2D eigenvalue weighted by Gasteiger charge is 2.47. The van der Waals surface area contributed by atoms with Crippen LogP contribution in [0.5, 0.6) is 5.75 Å². The summed E-state index contributed by atoms with van der Waals surface area (Å²) in [6.45, 7) is 7.88. The maximum Gasteiger partial charge on any atom is 0.573 e. The maximum atomic E-state index is 13.2. The van der Waals surface area contributed by atoms with Crippen LogP contribution in [-0.4, -0.2) is 70.1 Å². The van der Waals surface area contributed by atoms with Gasteiger partial charge < -0.3 is 24.2 Å². The first-order chi connectivity index (χ1) is 20.9. The van der Waals surface area contributed by atoms with Crippen LogP contribution in [0.2, 0.25) is 0 Å². The molecular formula is C31H34F3N5O5. The van der Waals surface area contributed by atoms with Gasteiger partial charge in [-0.15, -0.1) is 13.2 Å². The van der Waals surface area contributed by atoms with Gasteiger partial charge in [0, 0.05) is 19.6 Å². The molecule has 1 aliphatic carbocycles. The third-order valence-electron chi connectivity index (χ3n) is 8.47. The fourth-order valence-electron chi connectivity index (χ4n) is 6.09. The van der Waals surface area contributed by atoms with Crippen LogP contribution >= 0.6 is 0 Å². The summed E-state index contributed by atoms with van der Waals surface area (Å²) in [4.78, 5) is 34.3. The average Bonchev–Trinajstić information content (AvgIpc) is 3.51. The van der Waals surface area contributed by atoms with Gasteiger partial charge in [0.25, 0.3) is 0 Å². The predicted molar refractivity (Wildman–Crippen MR) is 151 cm³/mol. The molecule has 2 fully saturated rings. The molecule has 0 radical (unpaired) electrons. The summed E-state index contributed by atoms with van der Waals surface area (Å²) in [7, 11) is 0. The minimum Gasteiger partial charge on any atom is -0.406 e. The summed E-state index contributed by atoms with van der Waals surface area (Å²) in [5, 5.41) is 6.85. The number of aryl methyl sites for hydroxylation is 1. The van der Waals surface area contributed by atoms with Gasteiger partial charge in [-0.2, -0.15) is 4.98 Å². The van der Waals surface area contributed by atoms with E-state index >= 15 is 0 Å². The van der Waals surface area contributed by atoms with E-state index in [1.165, 1.54) is 18.2 Å². The van der Waals surface area contributed by atoms with E-state index in [1.807, 2.05) is 26.0 Å². The number of ether oxygens (including phenoxy) is 2. The zero-order chi connectivity index (χ0) is 31.2. The first-order valence-corrected chi connectivity index (χ1v) is 14.6. The quantitative estimate of drug-likeness (QED) is 0.400. The summed E-state index contributed by atoms with van der Waals surface area (Å²) in [6, 6.07) is 9.69. The van der Waals surface area contributed by atoms with Gasteiger partial charge in [-0.1, -0.05) is 29.4 Å². The molecular weight excluding hydrogens is 579 g/mol. The molecule has 0 bridgehead atoms. The summed E-state index contributed by atoms with van der Waals surface area (Å²) >= 11 is 0. The molecule has 0 spiro atoms. The van der Waals surface area contributed by atoms with Crippen molar-refractivity contribution in [3.63, 3.8) is 0 Å². The Kier molecular flexibility index (Phi) is 7.87. The van der Waals surface area contributed by atoms with E-state index in [-0.39, 0.29) is 49.2 Å². The van der Waals surface area contributed by atoms with Gasteiger partial charge >= 0.3 is 6.36 Å². The third kappa shape index (κ3) is 6.43. The number of amides is 2.